The van der Waals surface area contributed by atoms with E-state index in [2.05, 4.69) is 29.5 Å². The first-order valence-corrected chi connectivity index (χ1v) is 9.37. The minimum atomic E-state index is -0.00997. The van der Waals surface area contributed by atoms with E-state index in [-0.39, 0.29) is 24.3 Å². The number of amides is 2. The van der Waals surface area contributed by atoms with E-state index in [1.807, 2.05) is 42.7 Å². The molecule has 2 rings (SSSR count). The molecule has 6 heteroatoms. The summed E-state index contributed by atoms with van der Waals surface area (Å²) in [4.78, 5) is 28.6. The van der Waals surface area contributed by atoms with E-state index >= 15 is 0 Å². The van der Waals surface area contributed by atoms with Crippen molar-refractivity contribution in [3.05, 3.63) is 30.1 Å². The zero-order valence-corrected chi connectivity index (χ0v) is 16.2. The second-order valence-electron chi connectivity index (χ2n) is 7.35. The number of rotatable bonds is 9. The van der Waals surface area contributed by atoms with Crippen LogP contribution in [0.1, 0.15) is 39.9 Å². The first-order chi connectivity index (χ1) is 12.4. The summed E-state index contributed by atoms with van der Waals surface area (Å²) in [6, 6.07) is 7.86. The highest BCUT2D eigenvalue weighted by Crippen LogP contribution is 2.17. The number of para-hydroxylation sites is 2. The fourth-order valence-corrected chi connectivity index (χ4v) is 2.67. The first kappa shape index (κ1) is 19.9. The second kappa shape index (κ2) is 9.36. The Kier molecular flexibility index (Phi) is 7.18. The number of fused-ring (bicyclic) bond motifs is 1. The van der Waals surface area contributed by atoms with Crippen molar-refractivity contribution in [3.63, 3.8) is 0 Å². The molecule has 1 aromatic heterocycles. The third-order valence-corrected chi connectivity index (χ3v) is 4.14. The Labute approximate surface area is 155 Å². The van der Waals surface area contributed by atoms with Crippen LogP contribution in [0.2, 0.25) is 0 Å². The summed E-state index contributed by atoms with van der Waals surface area (Å²) in [6.45, 7) is 9.45. The van der Waals surface area contributed by atoms with Gasteiger partial charge < -0.3 is 15.2 Å². The van der Waals surface area contributed by atoms with Gasteiger partial charge in [0.1, 0.15) is 12.4 Å². The van der Waals surface area contributed by atoms with E-state index in [1.165, 1.54) is 0 Å². The van der Waals surface area contributed by atoms with Crippen LogP contribution >= 0.6 is 0 Å². The number of aromatic nitrogens is 2. The standard InChI is InChI=1S/C20H30N4O2/c1-14(2)12-22-19(25)13-24-17-9-6-5-8-16(17)23-18(24)10-7-11-21-20(26)15(3)4/h5-6,8-9,14-15H,7,10-13H2,1-4H3,(H,21,26)(H,22,25). The molecule has 0 radical (unpaired) electrons. The molecule has 0 atom stereocenters. The van der Waals surface area contributed by atoms with Crippen LogP contribution < -0.4 is 10.6 Å². The van der Waals surface area contributed by atoms with Gasteiger partial charge in [-0.3, -0.25) is 9.59 Å². The smallest absolute Gasteiger partial charge is 0.240 e. The third-order valence-electron chi connectivity index (χ3n) is 4.14. The molecule has 2 aromatic rings. The molecule has 0 saturated heterocycles. The molecule has 1 aromatic carbocycles. The number of hydrogen-bond donors (Lipinski definition) is 2. The molecule has 26 heavy (non-hydrogen) atoms. The lowest BCUT2D eigenvalue weighted by Crippen LogP contribution is -2.31. The van der Waals surface area contributed by atoms with Crippen LogP contribution in [0.3, 0.4) is 0 Å². The molecule has 0 aliphatic carbocycles. The van der Waals surface area contributed by atoms with E-state index in [1.54, 1.807) is 0 Å². The molecule has 0 aliphatic heterocycles. The Bertz CT molecular complexity index is 749. The van der Waals surface area contributed by atoms with Gasteiger partial charge in [0.25, 0.3) is 0 Å². The van der Waals surface area contributed by atoms with Crippen LogP contribution in [0.15, 0.2) is 24.3 Å². The highest BCUT2D eigenvalue weighted by Gasteiger charge is 2.14. The Balaban J connectivity index is 2.05. The molecule has 0 bridgehead atoms. The second-order valence-corrected chi connectivity index (χ2v) is 7.35. The predicted molar refractivity (Wildman–Crippen MR) is 104 cm³/mol. The number of benzene rings is 1. The Morgan fingerprint density at radius 1 is 1.12 bits per heavy atom. The monoisotopic (exact) mass is 358 g/mol. The molecule has 0 saturated carbocycles. The molecule has 0 aliphatic rings. The summed E-state index contributed by atoms with van der Waals surface area (Å²) in [5.74, 6) is 1.35. The molecule has 0 fully saturated rings. The number of imidazole rings is 1. The molecule has 142 valence electrons. The molecular weight excluding hydrogens is 328 g/mol. The van der Waals surface area contributed by atoms with Gasteiger partial charge in [-0.25, -0.2) is 4.98 Å². The maximum absolute atomic E-state index is 12.3. The Morgan fingerprint density at radius 3 is 2.54 bits per heavy atom. The minimum Gasteiger partial charge on any atom is -0.356 e. The Morgan fingerprint density at radius 2 is 1.85 bits per heavy atom. The largest absolute Gasteiger partial charge is 0.356 e. The normalized spacial score (nSPS) is 11.3. The molecular formula is C20H30N4O2. The maximum atomic E-state index is 12.3. The van der Waals surface area contributed by atoms with Gasteiger partial charge in [0.15, 0.2) is 0 Å². The molecule has 0 spiro atoms. The van der Waals surface area contributed by atoms with Gasteiger partial charge in [0.2, 0.25) is 11.8 Å². The fraction of sp³-hybridized carbons (Fsp3) is 0.550. The number of aryl methyl sites for hydroxylation is 1. The van der Waals surface area contributed by atoms with Crippen molar-refractivity contribution < 1.29 is 9.59 Å². The quantitative estimate of drug-likeness (QED) is 0.676. The summed E-state index contributed by atoms with van der Waals surface area (Å²) < 4.78 is 1.98. The van der Waals surface area contributed by atoms with Crippen molar-refractivity contribution in [1.29, 1.82) is 0 Å². The third kappa shape index (κ3) is 5.58. The van der Waals surface area contributed by atoms with Gasteiger partial charge in [0.05, 0.1) is 11.0 Å². The summed E-state index contributed by atoms with van der Waals surface area (Å²) >= 11 is 0. The van der Waals surface area contributed by atoms with E-state index in [4.69, 9.17) is 0 Å². The van der Waals surface area contributed by atoms with Crippen molar-refractivity contribution in [3.8, 4) is 0 Å². The summed E-state index contributed by atoms with van der Waals surface area (Å²) in [6.07, 6.45) is 1.50. The average molecular weight is 358 g/mol. The van der Waals surface area contributed by atoms with Gasteiger partial charge in [0, 0.05) is 25.4 Å². The number of nitrogens with zero attached hydrogens (tertiary/aromatic N) is 2. The maximum Gasteiger partial charge on any atom is 0.240 e. The van der Waals surface area contributed by atoms with Gasteiger partial charge in [-0.2, -0.15) is 0 Å². The Hall–Kier alpha value is -2.37. The van der Waals surface area contributed by atoms with Crippen LogP contribution in [0, 0.1) is 11.8 Å². The van der Waals surface area contributed by atoms with Crippen molar-refractivity contribution in [1.82, 2.24) is 20.2 Å². The molecule has 1 heterocycles. The molecule has 0 unspecified atom stereocenters. The zero-order chi connectivity index (χ0) is 19.1. The highest BCUT2D eigenvalue weighted by atomic mass is 16.2. The minimum absolute atomic E-state index is 0.00351. The van der Waals surface area contributed by atoms with Gasteiger partial charge >= 0.3 is 0 Å². The topological polar surface area (TPSA) is 76.0 Å². The van der Waals surface area contributed by atoms with Crippen LogP contribution in [0.5, 0.6) is 0 Å². The lowest BCUT2D eigenvalue weighted by Gasteiger charge is -2.12. The zero-order valence-electron chi connectivity index (χ0n) is 16.2. The lowest BCUT2D eigenvalue weighted by molar-refractivity contribution is -0.124. The summed E-state index contributed by atoms with van der Waals surface area (Å²) in [7, 11) is 0. The summed E-state index contributed by atoms with van der Waals surface area (Å²) in [5.41, 5.74) is 1.86. The van der Waals surface area contributed by atoms with E-state index in [0.717, 1.165) is 23.3 Å². The molecule has 2 amide bonds. The van der Waals surface area contributed by atoms with Crippen LogP contribution in [-0.2, 0) is 22.6 Å². The molecule has 2 N–H and O–H groups in total. The van der Waals surface area contributed by atoms with Crippen LogP contribution in [-0.4, -0.2) is 34.5 Å². The number of carbonyl (C=O) groups is 2. The van der Waals surface area contributed by atoms with Gasteiger partial charge in [-0.15, -0.1) is 0 Å². The fourth-order valence-electron chi connectivity index (χ4n) is 2.67. The van der Waals surface area contributed by atoms with Crippen LogP contribution in [0.25, 0.3) is 11.0 Å². The van der Waals surface area contributed by atoms with E-state index in [9.17, 15) is 9.59 Å². The number of carbonyl (C=O) groups excluding carboxylic acids is 2. The van der Waals surface area contributed by atoms with E-state index < -0.39 is 0 Å². The van der Waals surface area contributed by atoms with Gasteiger partial charge in [-0.05, 0) is 24.5 Å². The van der Waals surface area contributed by atoms with Crippen molar-refractivity contribution >= 4 is 22.8 Å². The lowest BCUT2D eigenvalue weighted by atomic mass is 10.2. The van der Waals surface area contributed by atoms with Crippen molar-refractivity contribution in [2.24, 2.45) is 11.8 Å². The molecule has 6 nitrogen and oxygen atoms in total. The number of nitrogens with one attached hydrogen (secondary N) is 2. The first-order valence-electron chi connectivity index (χ1n) is 9.37. The summed E-state index contributed by atoms with van der Waals surface area (Å²) in [5, 5.41) is 5.89. The van der Waals surface area contributed by atoms with Crippen LogP contribution in [0.4, 0.5) is 0 Å². The van der Waals surface area contributed by atoms with Crippen molar-refractivity contribution in [2.75, 3.05) is 13.1 Å². The van der Waals surface area contributed by atoms with Crippen molar-refractivity contribution in [2.45, 2.75) is 47.1 Å². The average Bonchev–Trinajstić information content (AvgIpc) is 2.94. The van der Waals surface area contributed by atoms with E-state index in [0.29, 0.717) is 25.4 Å². The van der Waals surface area contributed by atoms with Gasteiger partial charge in [-0.1, -0.05) is 39.8 Å². The highest BCUT2D eigenvalue weighted by molar-refractivity contribution is 5.81. The number of hydrogen-bond acceptors (Lipinski definition) is 3. The SMILES string of the molecule is CC(C)CNC(=O)Cn1c(CCCNC(=O)C(C)C)nc2ccccc21. The predicted octanol–water partition coefficient (Wildman–Crippen LogP) is 2.51.